The number of hydrogen-bond donors (Lipinski definition) is 3. The number of rotatable bonds is 5. The number of urea groups is 1. The zero-order valence-electron chi connectivity index (χ0n) is 10.6. The molecule has 2 amide bonds. The Morgan fingerprint density at radius 2 is 2.22 bits per heavy atom. The highest BCUT2D eigenvalue weighted by molar-refractivity contribution is 7.99. The molecule has 6 nitrogen and oxygen atoms in total. The maximum absolute atomic E-state index is 11.9. The van der Waals surface area contributed by atoms with E-state index in [0.29, 0.717) is 0 Å². The number of aliphatic hydroxyl groups excluding tert-OH is 1. The van der Waals surface area contributed by atoms with Gasteiger partial charge in [-0.05, 0) is 12.7 Å². The minimum atomic E-state index is -1.07. The Hall–Kier alpha value is -0.950. The van der Waals surface area contributed by atoms with Gasteiger partial charge in [0.1, 0.15) is 6.04 Å². The van der Waals surface area contributed by atoms with Gasteiger partial charge in [-0.15, -0.1) is 0 Å². The average Bonchev–Trinajstić information content (AvgIpc) is 2.69. The summed E-state index contributed by atoms with van der Waals surface area (Å²) in [5.74, 6) is 0.689. The predicted molar refractivity (Wildman–Crippen MR) is 69.7 cm³/mol. The minimum absolute atomic E-state index is 0.0189. The molecule has 3 N–H and O–H groups in total. The smallest absolute Gasteiger partial charge is 0.326 e. The lowest BCUT2D eigenvalue weighted by molar-refractivity contribution is -0.141. The van der Waals surface area contributed by atoms with Crippen LogP contribution in [0.2, 0.25) is 0 Å². The lowest BCUT2D eigenvalue weighted by Gasteiger charge is -2.24. The van der Waals surface area contributed by atoms with E-state index >= 15 is 0 Å². The number of carboxylic acid groups (broad SMARTS) is 1. The van der Waals surface area contributed by atoms with Crippen molar-refractivity contribution in [1.82, 2.24) is 10.2 Å². The molecule has 1 saturated heterocycles. The third kappa shape index (κ3) is 4.06. The monoisotopic (exact) mass is 276 g/mol. The first kappa shape index (κ1) is 15.1. The number of aliphatic carboxylic acids is 1. The van der Waals surface area contributed by atoms with E-state index in [0.717, 1.165) is 11.5 Å². The number of thioether (sulfide) groups is 1. The summed E-state index contributed by atoms with van der Waals surface area (Å²) in [6.45, 7) is 4.00. The molecule has 0 radical (unpaired) electrons. The summed E-state index contributed by atoms with van der Waals surface area (Å²) in [6.07, 6.45) is -0.655. The van der Waals surface area contributed by atoms with Gasteiger partial charge in [-0.3, -0.25) is 0 Å². The van der Waals surface area contributed by atoms with Crippen LogP contribution in [0.5, 0.6) is 0 Å². The van der Waals surface area contributed by atoms with E-state index in [9.17, 15) is 14.7 Å². The van der Waals surface area contributed by atoms with Crippen LogP contribution in [0.4, 0.5) is 4.79 Å². The number of likely N-dealkylation sites (tertiary alicyclic amines) is 1. The maximum atomic E-state index is 11.9. The normalized spacial score (nSPS) is 24.9. The molecule has 1 heterocycles. The van der Waals surface area contributed by atoms with Crippen LogP contribution in [0, 0.1) is 0 Å². The van der Waals surface area contributed by atoms with Gasteiger partial charge in [0.15, 0.2) is 0 Å². The van der Waals surface area contributed by atoms with E-state index in [1.54, 1.807) is 11.8 Å². The van der Waals surface area contributed by atoms with Crippen LogP contribution >= 0.6 is 11.8 Å². The lowest BCUT2D eigenvalue weighted by Crippen LogP contribution is -2.49. The van der Waals surface area contributed by atoms with Crippen LogP contribution in [0.3, 0.4) is 0 Å². The number of carbonyl (C=O) groups is 2. The number of nitrogens with one attached hydrogen (secondary N) is 1. The van der Waals surface area contributed by atoms with Crippen LogP contribution in [-0.4, -0.2) is 63.4 Å². The second kappa shape index (κ2) is 6.84. The zero-order chi connectivity index (χ0) is 13.7. The highest BCUT2D eigenvalue weighted by Crippen LogP contribution is 2.18. The van der Waals surface area contributed by atoms with Crippen LogP contribution in [-0.2, 0) is 4.79 Å². The van der Waals surface area contributed by atoms with E-state index in [4.69, 9.17) is 5.11 Å². The molecule has 0 aromatic heterocycles. The first-order valence-corrected chi connectivity index (χ1v) is 7.16. The van der Waals surface area contributed by atoms with Crippen LogP contribution in [0.15, 0.2) is 0 Å². The van der Waals surface area contributed by atoms with Crippen molar-refractivity contribution in [1.29, 1.82) is 0 Å². The van der Waals surface area contributed by atoms with Gasteiger partial charge in [-0.2, -0.15) is 11.8 Å². The molecule has 0 bridgehead atoms. The second-order valence-electron chi connectivity index (χ2n) is 4.41. The van der Waals surface area contributed by atoms with E-state index in [1.165, 1.54) is 4.90 Å². The lowest BCUT2D eigenvalue weighted by atomic mass is 10.2. The van der Waals surface area contributed by atoms with Crippen molar-refractivity contribution in [3.05, 3.63) is 0 Å². The van der Waals surface area contributed by atoms with Crippen molar-refractivity contribution in [3.8, 4) is 0 Å². The topological polar surface area (TPSA) is 89.9 Å². The SMILES string of the molecule is CCSCC(C)NC(=O)N1C[C@H](O)C[C@@H]1C(=O)O. The second-order valence-corrected chi connectivity index (χ2v) is 5.72. The van der Waals surface area contributed by atoms with Crippen molar-refractivity contribution in [2.45, 2.75) is 38.5 Å². The van der Waals surface area contributed by atoms with E-state index < -0.39 is 24.1 Å². The van der Waals surface area contributed by atoms with Gasteiger partial charge < -0.3 is 20.4 Å². The average molecular weight is 276 g/mol. The predicted octanol–water partition coefficient (Wildman–Crippen LogP) is 0.357. The standard InChI is InChI=1S/C11H20N2O4S/c1-3-18-6-7(2)12-11(17)13-5-8(14)4-9(13)10(15)16/h7-9,14H,3-6H2,1-2H3,(H,12,17)(H,15,16)/t7?,8-,9-/m1/s1. The van der Waals surface area contributed by atoms with Gasteiger partial charge in [-0.1, -0.05) is 6.92 Å². The molecule has 0 saturated carbocycles. The number of β-amino-alcohol motifs (C(OH)–C–C–N with tert-alkyl or cyclic N) is 1. The Balaban J connectivity index is 2.52. The Morgan fingerprint density at radius 3 is 2.78 bits per heavy atom. The third-order valence-electron chi connectivity index (χ3n) is 2.77. The van der Waals surface area contributed by atoms with Crippen molar-refractivity contribution in [2.75, 3.05) is 18.1 Å². The van der Waals surface area contributed by atoms with E-state index in [1.807, 2.05) is 13.8 Å². The first-order valence-electron chi connectivity index (χ1n) is 6.01. The molecule has 18 heavy (non-hydrogen) atoms. The van der Waals surface area contributed by atoms with Gasteiger partial charge in [-0.25, -0.2) is 9.59 Å². The quantitative estimate of drug-likeness (QED) is 0.674. The minimum Gasteiger partial charge on any atom is -0.480 e. The number of carbonyl (C=O) groups excluding carboxylic acids is 1. The molecular formula is C11H20N2O4S. The summed E-state index contributed by atoms with van der Waals surface area (Å²) in [4.78, 5) is 24.1. The van der Waals surface area contributed by atoms with E-state index in [2.05, 4.69) is 5.32 Å². The van der Waals surface area contributed by atoms with Crippen LogP contribution in [0.25, 0.3) is 0 Å². The number of carboxylic acids is 1. The maximum Gasteiger partial charge on any atom is 0.326 e. The molecule has 0 aromatic carbocycles. The summed E-state index contributed by atoms with van der Waals surface area (Å²) in [5.41, 5.74) is 0. The van der Waals surface area contributed by atoms with Crippen molar-refractivity contribution in [3.63, 3.8) is 0 Å². The molecular weight excluding hydrogens is 256 g/mol. The number of amides is 2. The largest absolute Gasteiger partial charge is 0.480 e. The molecule has 1 rings (SSSR count). The van der Waals surface area contributed by atoms with Gasteiger partial charge in [0.05, 0.1) is 6.10 Å². The summed E-state index contributed by atoms with van der Waals surface area (Å²) in [5, 5.41) is 21.2. The molecule has 0 aliphatic carbocycles. The molecule has 0 aromatic rings. The van der Waals surface area contributed by atoms with Crippen molar-refractivity contribution < 1.29 is 19.8 Å². The molecule has 7 heteroatoms. The molecule has 1 unspecified atom stereocenters. The highest BCUT2D eigenvalue weighted by Gasteiger charge is 2.39. The Bertz CT molecular complexity index is 313. The Labute approximate surface area is 111 Å². The molecule has 0 spiro atoms. The fourth-order valence-corrected chi connectivity index (χ4v) is 2.57. The summed E-state index contributed by atoms with van der Waals surface area (Å²) in [6, 6.07) is -1.36. The molecule has 3 atom stereocenters. The molecule has 1 aliphatic heterocycles. The van der Waals surface area contributed by atoms with Gasteiger partial charge in [0.25, 0.3) is 0 Å². The van der Waals surface area contributed by atoms with E-state index in [-0.39, 0.29) is 19.0 Å². The Kier molecular flexibility index (Phi) is 5.74. The van der Waals surface area contributed by atoms with Gasteiger partial charge in [0, 0.05) is 24.8 Å². The third-order valence-corrected chi connectivity index (χ3v) is 3.91. The van der Waals surface area contributed by atoms with Crippen molar-refractivity contribution in [2.24, 2.45) is 0 Å². The fraction of sp³-hybridized carbons (Fsp3) is 0.818. The highest BCUT2D eigenvalue weighted by atomic mass is 32.2. The van der Waals surface area contributed by atoms with Crippen LogP contribution in [0.1, 0.15) is 20.3 Å². The number of aliphatic hydroxyl groups is 1. The van der Waals surface area contributed by atoms with Crippen molar-refractivity contribution >= 4 is 23.8 Å². The Morgan fingerprint density at radius 1 is 1.56 bits per heavy atom. The van der Waals surface area contributed by atoms with Gasteiger partial charge >= 0.3 is 12.0 Å². The molecule has 1 aliphatic rings. The molecule has 1 fully saturated rings. The van der Waals surface area contributed by atoms with Gasteiger partial charge in [0.2, 0.25) is 0 Å². The molecule has 104 valence electrons. The number of hydrogen-bond acceptors (Lipinski definition) is 4. The zero-order valence-corrected chi connectivity index (χ0v) is 11.4. The first-order chi connectivity index (χ1) is 8.45. The summed E-state index contributed by atoms with van der Waals surface area (Å²) in [7, 11) is 0. The summed E-state index contributed by atoms with van der Waals surface area (Å²) >= 11 is 1.71. The summed E-state index contributed by atoms with van der Waals surface area (Å²) < 4.78 is 0. The van der Waals surface area contributed by atoms with Crippen LogP contribution < -0.4 is 5.32 Å². The number of nitrogens with zero attached hydrogens (tertiary/aromatic N) is 1. The fourth-order valence-electron chi connectivity index (χ4n) is 1.90.